The molecular formula is C13H15ClN2O3. The Labute approximate surface area is 116 Å². The zero-order chi connectivity index (χ0) is 13.8. The predicted molar refractivity (Wildman–Crippen MR) is 72.4 cm³/mol. The minimum absolute atomic E-state index is 0.295. The van der Waals surface area contributed by atoms with Gasteiger partial charge in [-0.2, -0.15) is 0 Å². The Balaban J connectivity index is 2.53. The Morgan fingerprint density at radius 2 is 1.79 bits per heavy atom. The maximum atomic E-state index is 5.80. The topological polar surface area (TPSA) is 69.7 Å². The highest BCUT2D eigenvalue weighted by Crippen LogP contribution is 2.37. The first kappa shape index (κ1) is 13.7. The van der Waals surface area contributed by atoms with Gasteiger partial charge in [-0.05, 0) is 35.9 Å². The van der Waals surface area contributed by atoms with E-state index >= 15 is 0 Å². The lowest BCUT2D eigenvalue weighted by molar-refractivity contribution is 0.366. The van der Waals surface area contributed by atoms with Crippen LogP contribution in [0.15, 0.2) is 34.7 Å². The number of nitrogens with two attached hydrogens (primary N) is 1. The summed E-state index contributed by atoms with van der Waals surface area (Å²) in [7, 11) is 3.17. The van der Waals surface area contributed by atoms with Crippen molar-refractivity contribution in [2.75, 3.05) is 14.2 Å². The van der Waals surface area contributed by atoms with E-state index in [1.807, 2.05) is 18.2 Å². The summed E-state index contributed by atoms with van der Waals surface area (Å²) in [4.78, 5) is 0. The van der Waals surface area contributed by atoms with Gasteiger partial charge in [0, 0.05) is 0 Å². The molecule has 1 aromatic carbocycles. The average Bonchev–Trinajstić information content (AvgIpc) is 2.86. The van der Waals surface area contributed by atoms with Crippen LogP contribution in [0.4, 0.5) is 0 Å². The van der Waals surface area contributed by atoms with Crippen molar-refractivity contribution in [2.45, 2.75) is 6.04 Å². The molecule has 5 nitrogen and oxygen atoms in total. The molecular weight excluding hydrogens is 268 g/mol. The minimum Gasteiger partial charge on any atom is -0.496 e. The Morgan fingerprint density at radius 1 is 1.16 bits per heavy atom. The molecule has 0 aliphatic carbocycles. The van der Waals surface area contributed by atoms with E-state index in [9.17, 15) is 0 Å². The maximum Gasteiger partial charge on any atom is 0.193 e. The number of furan rings is 1. The van der Waals surface area contributed by atoms with Crippen LogP contribution < -0.4 is 20.7 Å². The maximum absolute atomic E-state index is 5.80. The van der Waals surface area contributed by atoms with E-state index < -0.39 is 6.04 Å². The number of hydrogen-bond acceptors (Lipinski definition) is 5. The molecule has 6 heteroatoms. The number of halogens is 1. The molecule has 1 unspecified atom stereocenters. The normalized spacial score (nSPS) is 12.2. The highest BCUT2D eigenvalue weighted by molar-refractivity contribution is 6.28. The van der Waals surface area contributed by atoms with Crippen molar-refractivity contribution >= 4 is 11.6 Å². The second kappa shape index (κ2) is 5.97. The molecule has 1 heterocycles. The van der Waals surface area contributed by atoms with Crippen LogP contribution in [0, 0.1) is 0 Å². The Kier molecular flexibility index (Phi) is 4.31. The summed E-state index contributed by atoms with van der Waals surface area (Å²) < 4.78 is 16.1. The monoisotopic (exact) mass is 282 g/mol. The van der Waals surface area contributed by atoms with Crippen molar-refractivity contribution < 1.29 is 13.9 Å². The van der Waals surface area contributed by atoms with Crippen molar-refractivity contribution in [3.8, 4) is 11.5 Å². The summed E-state index contributed by atoms with van der Waals surface area (Å²) in [6.07, 6.45) is 0. The number of methoxy groups -OCH3 is 2. The molecule has 0 aliphatic rings. The number of ether oxygens (including phenoxy) is 2. The van der Waals surface area contributed by atoms with Gasteiger partial charge in [-0.15, -0.1) is 0 Å². The third kappa shape index (κ3) is 2.68. The van der Waals surface area contributed by atoms with Gasteiger partial charge < -0.3 is 13.9 Å². The van der Waals surface area contributed by atoms with Crippen molar-refractivity contribution in [3.05, 3.63) is 46.9 Å². The summed E-state index contributed by atoms with van der Waals surface area (Å²) in [6.45, 7) is 0. The van der Waals surface area contributed by atoms with E-state index in [1.165, 1.54) is 0 Å². The lowest BCUT2D eigenvalue weighted by Crippen LogP contribution is -2.29. The number of rotatable bonds is 5. The first-order chi connectivity index (χ1) is 9.21. The molecule has 0 aliphatic heterocycles. The largest absolute Gasteiger partial charge is 0.496 e. The number of hydrazine groups is 1. The van der Waals surface area contributed by atoms with Crippen LogP contribution >= 0.6 is 11.6 Å². The lowest BCUT2D eigenvalue weighted by Gasteiger charge is -2.19. The number of hydrogen-bond donors (Lipinski definition) is 2. The van der Waals surface area contributed by atoms with E-state index in [0.29, 0.717) is 22.5 Å². The van der Waals surface area contributed by atoms with Crippen molar-refractivity contribution in [3.63, 3.8) is 0 Å². The van der Waals surface area contributed by atoms with E-state index in [2.05, 4.69) is 5.43 Å². The van der Waals surface area contributed by atoms with E-state index in [-0.39, 0.29) is 0 Å². The van der Waals surface area contributed by atoms with Crippen LogP contribution in [0.3, 0.4) is 0 Å². The fourth-order valence-corrected chi connectivity index (χ4v) is 2.11. The zero-order valence-corrected chi connectivity index (χ0v) is 11.4. The molecule has 0 bridgehead atoms. The van der Waals surface area contributed by atoms with Crippen LogP contribution in [0.25, 0.3) is 0 Å². The van der Waals surface area contributed by atoms with Crippen LogP contribution in [0.2, 0.25) is 5.22 Å². The van der Waals surface area contributed by atoms with Gasteiger partial charge in [0.25, 0.3) is 0 Å². The van der Waals surface area contributed by atoms with Crippen LogP contribution in [-0.2, 0) is 0 Å². The smallest absolute Gasteiger partial charge is 0.193 e. The number of benzene rings is 1. The fraction of sp³-hybridized carbons (Fsp3) is 0.231. The van der Waals surface area contributed by atoms with Gasteiger partial charge in [-0.25, -0.2) is 5.43 Å². The van der Waals surface area contributed by atoms with E-state index in [4.69, 9.17) is 31.3 Å². The van der Waals surface area contributed by atoms with Crippen LogP contribution in [0.5, 0.6) is 11.5 Å². The highest BCUT2D eigenvalue weighted by atomic mass is 35.5. The van der Waals surface area contributed by atoms with Crippen molar-refractivity contribution in [1.29, 1.82) is 0 Å². The van der Waals surface area contributed by atoms with Crippen molar-refractivity contribution in [2.24, 2.45) is 5.84 Å². The Bertz CT molecular complexity index is 534. The van der Waals surface area contributed by atoms with E-state index in [0.717, 1.165) is 5.56 Å². The Hall–Kier alpha value is -1.69. The molecule has 102 valence electrons. The quantitative estimate of drug-likeness (QED) is 0.651. The highest BCUT2D eigenvalue weighted by Gasteiger charge is 2.24. The van der Waals surface area contributed by atoms with Gasteiger partial charge in [0.15, 0.2) is 5.22 Å². The fourth-order valence-electron chi connectivity index (χ4n) is 1.96. The molecule has 1 atom stereocenters. The minimum atomic E-state index is -0.418. The van der Waals surface area contributed by atoms with Crippen LogP contribution in [-0.4, -0.2) is 14.2 Å². The second-order valence-electron chi connectivity index (χ2n) is 3.82. The molecule has 3 N–H and O–H groups in total. The summed E-state index contributed by atoms with van der Waals surface area (Å²) in [5, 5.41) is 0.295. The standard InChI is InChI=1S/C13H15ClN2O3/c1-17-8-4-3-5-9(18-2)12(8)13(16-15)10-6-7-11(14)19-10/h3-7,13,16H,15H2,1-2H3. The molecule has 0 saturated heterocycles. The van der Waals surface area contributed by atoms with Gasteiger partial charge in [-0.3, -0.25) is 5.84 Å². The molecule has 0 saturated carbocycles. The lowest BCUT2D eigenvalue weighted by atomic mass is 10.0. The number of nitrogens with one attached hydrogen (secondary N) is 1. The molecule has 0 fully saturated rings. The first-order valence-corrected chi connectivity index (χ1v) is 6.01. The van der Waals surface area contributed by atoms with Gasteiger partial charge >= 0.3 is 0 Å². The second-order valence-corrected chi connectivity index (χ2v) is 4.19. The molecule has 2 rings (SSSR count). The Morgan fingerprint density at radius 3 is 2.21 bits per heavy atom. The van der Waals surface area contributed by atoms with Gasteiger partial charge in [0.1, 0.15) is 23.3 Å². The molecule has 1 aromatic heterocycles. The average molecular weight is 283 g/mol. The van der Waals surface area contributed by atoms with Gasteiger partial charge in [0.2, 0.25) is 0 Å². The molecule has 19 heavy (non-hydrogen) atoms. The molecule has 2 aromatic rings. The third-order valence-electron chi connectivity index (χ3n) is 2.80. The van der Waals surface area contributed by atoms with E-state index in [1.54, 1.807) is 26.4 Å². The van der Waals surface area contributed by atoms with Crippen LogP contribution in [0.1, 0.15) is 17.4 Å². The van der Waals surface area contributed by atoms with Gasteiger partial charge in [0.05, 0.1) is 19.8 Å². The SMILES string of the molecule is COc1cccc(OC)c1C(NN)c1ccc(Cl)o1. The summed E-state index contributed by atoms with van der Waals surface area (Å²) in [5.74, 6) is 7.50. The third-order valence-corrected chi connectivity index (χ3v) is 3.00. The zero-order valence-electron chi connectivity index (χ0n) is 10.6. The summed E-state index contributed by atoms with van der Waals surface area (Å²) >= 11 is 5.80. The van der Waals surface area contributed by atoms with Gasteiger partial charge in [-0.1, -0.05) is 6.07 Å². The predicted octanol–water partition coefficient (Wildman–Crippen LogP) is 2.50. The summed E-state index contributed by atoms with van der Waals surface area (Å²) in [6, 6.07) is 8.48. The molecule has 0 radical (unpaired) electrons. The molecule has 0 amide bonds. The first-order valence-electron chi connectivity index (χ1n) is 5.63. The molecule has 0 spiro atoms. The summed E-state index contributed by atoms with van der Waals surface area (Å²) in [5.41, 5.74) is 3.44. The van der Waals surface area contributed by atoms with Crippen molar-refractivity contribution in [1.82, 2.24) is 5.43 Å².